The van der Waals surface area contributed by atoms with Gasteiger partial charge in [0.05, 0.1) is 12.1 Å². The number of anilines is 1. The highest BCUT2D eigenvalue weighted by molar-refractivity contribution is 7.17. The van der Waals surface area contributed by atoms with Gasteiger partial charge >= 0.3 is 0 Å². The number of halogens is 1. The SMILES string of the molecule is CN(CC(=O)Nc1sc2c(c1C#N)CC(C)(C)NC2(C)C)Cc1cccc(F)c1. The van der Waals surface area contributed by atoms with E-state index in [1.54, 1.807) is 6.07 Å². The number of carbonyl (C=O) groups is 1. The second-order valence-corrected chi connectivity index (χ2v) is 9.91. The van der Waals surface area contributed by atoms with E-state index in [2.05, 4.69) is 44.4 Å². The summed E-state index contributed by atoms with van der Waals surface area (Å²) < 4.78 is 13.3. The first-order chi connectivity index (χ1) is 13.5. The van der Waals surface area contributed by atoms with Crippen molar-refractivity contribution in [1.29, 1.82) is 5.26 Å². The molecular weight excluding hydrogens is 387 g/mol. The van der Waals surface area contributed by atoms with Gasteiger partial charge in [-0.15, -0.1) is 11.3 Å². The van der Waals surface area contributed by atoms with Crippen LogP contribution in [0.25, 0.3) is 0 Å². The monoisotopic (exact) mass is 414 g/mol. The zero-order valence-electron chi connectivity index (χ0n) is 17.5. The number of hydrogen-bond donors (Lipinski definition) is 2. The van der Waals surface area contributed by atoms with E-state index in [1.807, 2.05) is 18.0 Å². The smallest absolute Gasteiger partial charge is 0.239 e. The van der Waals surface area contributed by atoms with E-state index in [9.17, 15) is 14.4 Å². The highest BCUT2D eigenvalue weighted by atomic mass is 32.1. The highest BCUT2D eigenvalue weighted by Crippen LogP contribution is 2.44. The summed E-state index contributed by atoms with van der Waals surface area (Å²) in [4.78, 5) is 15.5. The molecule has 154 valence electrons. The van der Waals surface area contributed by atoms with E-state index in [0.717, 1.165) is 22.4 Å². The van der Waals surface area contributed by atoms with E-state index in [4.69, 9.17) is 0 Å². The summed E-state index contributed by atoms with van der Waals surface area (Å²) in [6.07, 6.45) is 0.737. The average molecular weight is 415 g/mol. The standard InChI is InChI=1S/C22H27FN4OS/c1-21(2)10-16-17(11-24)20(29-19(16)22(3,4)26-21)25-18(28)13-27(5)12-14-7-6-8-15(23)9-14/h6-9,26H,10,12-13H2,1-5H3,(H,25,28). The molecule has 7 heteroatoms. The van der Waals surface area contributed by atoms with Crippen molar-refractivity contribution < 1.29 is 9.18 Å². The number of carbonyl (C=O) groups excluding carboxylic acids is 1. The minimum atomic E-state index is -0.290. The Kier molecular flexibility index (Phi) is 5.81. The van der Waals surface area contributed by atoms with Gasteiger partial charge in [-0.3, -0.25) is 9.69 Å². The number of amides is 1. The van der Waals surface area contributed by atoms with E-state index in [-0.39, 0.29) is 29.3 Å². The molecule has 1 aromatic carbocycles. The minimum Gasteiger partial charge on any atom is -0.315 e. The van der Waals surface area contributed by atoms with Gasteiger partial charge in [-0.05, 0) is 64.4 Å². The molecule has 1 aliphatic rings. The number of benzene rings is 1. The molecule has 2 aromatic rings. The zero-order valence-corrected chi connectivity index (χ0v) is 18.3. The average Bonchev–Trinajstić information content (AvgIpc) is 2.90. The molecule has 1 amide bonds. The predicted molar refractivity (Wildman–Crippen MR) is 114 cm³/mol. The molecule has 0 saturated carbocycles. The molecule has 0 spiro atoms. The second-order valence-electron chi connectivity index (χ2n) is 8.89. The van der Waals surface area contributed by atoms with Crippen LogP contribution in [0, 0.1) is 17.1 Å². The molecule has 29 heavy (non-hydrogen) atoms. The van der Waals surface area contributed by atoms with Gasteiger partial charge < -0.3 is 10.6 Å². The first kappa shape index (κ1) is 21.4. The summed E-state index contributed by atoms with van der Waals surface area (Å²) in [5.74, 6) is -0.480. The van der Waals surface area contributed by atoms with E-state index >= 15 is 0 Å². The fraction of sp³-hybridized carbons (Fsp3) is 0.455. The number of nitrogens with zero attached hydrogens (tertiary/aromatic N) is 2. The van der Waals surface area contributed by atoms with Gasteiger partial charge in [-0.1, -0.05) is 12.1 Å². The molecule has 1 aromatic heterocycles. The molecule has 3 rings (SSSR count). The Balaban J connectivity index is 1.74. The Labute approximate surface area is 175 Å². The van der Waals surface area contributed by atoms with Crippen LogP contribution >= 0.6 is 11.3 Å². The maximum atomic E-state index is 13.3. The third kappa shape index (κ3) is 4.84. The van der Waals surface area contributed by atoms with E-state index in [1.165, 1.54) is 23.5 Å². The fourth-order valence-corrected chi connectivity index (χ4v) is 5.39. The molecule has 2 N–H and O–H groups in total. The molecule has 1 aliphatic heterocycles. The number of hydrogen-bond acceptors (Lipinski definition) is 5. The lowest BCUT2D eigenvalue weighted by molar-refractivity contribution is -0.117. The molecule has 2 heterocycles. The molecule has 0 bridgehead atoms. The van der Waals surface area contributed by atoms with Crippen molar-refractivity contribution in [2.24, 2.45) is 0 Å². The van der Waals surface area contributed by atoms with E-state index < -0.39 is 0 Å². The molecule has 0 atom stereocenters. The summed E-state index contributed by atoms with van der Waals surface area (Å²) in [6, 6.07) is 8.65. The van der Waals surface area contributed by atoms with E-state index in [0.29, 0.717) is 17.1 Å². The van der Waals surface area contributed by atoms with Gasteiger partial charge in [0.2, 0.25) is 5.91 Å². The maximum absolute atomic E-state index is 13.3. The maximum Gasteiger partial charge on any atom is 0.239 e. The quantitative estimate of drug-likeness (QED) is 0.776. The first-order valence-electron chi connectivity index (χ1n) is 9.59. The zero-order chi connectivity index (χ0) is 21.4. The normalized spacial score (nSPS) is 16.9. The van der Waals surface area contributed by atoms with Crippen LogP contribution in [0.3, 0.4) is 0 Å². The van der Waals surface area contributed by atoms with Crippen molar-refractivity contribution in [3.8, 4) is 6.07 Å². The van der Waals surface area contributed by atoms with Gasteiger partial charge in [0.15, 0.2) is 0 Å². The van der Waals surface area contributed by atoms with Gasteiger partial charge in [0.1, 0.15) is 16.9 Å². The van der Waals surface area contributed by atoms with Crippen LogP contribution in [0.4, 0.5) is 9.39 Å². The van der Waals surface area contributed by atoms with Gasteiger partial charge in [-0.2, -0.15) is 5.26 Å². The summed E-state index contributed by atoms with van der Waals surface area (Å²) >= 11 is 1.47. The number of nitriles is 1. The lowest BCUT2D eigenvalue weighted by Crippen LogP contribution is -2.54. The molecular formula is C22H27FN4OS. The number of nitrogens with one attached hydrogen (secondary N) is 2. The fourth-order valence-electron chi connectivity index (χ4n) is 4.15. The number of thiophene rings is 1. The Morgan fingerprint density at radius 2 is 2.10 bits per heavy atom. The number of likely N-dealkylation sites (N-methyl/N-ethyl adjacent to an activating group) is 1. The minimum absolute atomic E-state index is 0.129. The molecule has 5 nitrogen and oxygen atoms in total. The van der Waals surface area contributed by atoms with Crippen LogP contribution in [-0.2, 0) is 23.3 Å². The topological polar surface area (TPSA) is 68.2 Å². The van der Waals surface area contributed by atoms with Crippen molar-refractivity contribution in [2.45, 2.75) is 51.7 Å². The van der Waals surface area contributed by atoms with Crippen LogP contribution in [0.2, 0.25) is 0 Å². The second kappa shape index (κ2) is 7.86. The molecule has 0 saturated heterocycles. The largest absolute Gasteiger partial charge is 0.315 e. The number of fused-ring (bicyclic) bond motifs is 1. The summed E-state index contributed by atoms with van der Waals surface area (Å²) in [6.45, 7) is 9.05. The van der Waals surface area contributed by atoms with Gasteiger partial charge in [-0.25, -0.2) is 4.39 Å². The van der Waals surface area contributed by atoms with Crippen molar-refractivity contribution >= 4 is 22.2 Å². The Morgan fingerprint density at radius 3 is 2.76 bits per heavy atom. The van der Waals surface area contributed by atoms with Crippen molar-refractivity contribution in [2.75, 3.05) is 18.9 Å². The van der Waals surface area contributed by atoms with Crippen LogP contribution in [0.15, 0.2) is 24.3 Å². The predicted octanol–water partition coefficient (Wildman–Crippen LogP) is 3.99. The lowest BCUT2D eigenvalue weighted by Gasteiger charge is -2.42. The molecule has 0 aliphatic carbocycles. The Morgan fingerprint density at radius 1 is 1.38 bits per heavy atom. The third-order valence-electron chi connectivity index (χ3n) is 4.96. The Bertz CT molecular complexity index is 974. The molecule has 0 fully saturated rings. The highest BCUT2D eigenvalue weighted by Gasteiger charge is 2.40. The van der Waals surface area contributed by atoms with Crippen LogP contribution in [-0.4, -0.2) is 29.9 Å². The lowest BCUT2D eigenvalue weighted by atomic mass is 9.81. The van der Waals surface area contributed by atoms with Crippen molar-refractivity contribution in [3.05, 3.63) is 51.7 Å². The van der Waals surface area contributed by atoms with Crippen LogP contribution in [0.1, 0.15) is 49.3 Å². The molecule has 0 radical (unpaired) electrons. The van der Waals surface area contributed by atoms with Crippen molar-refractivity contribution in [1.82, 2.24) is 10.2 Å². The summed E-state index contributed by atoms with van der Waals surface area (Å²) in [5, 5.41) is 16.9. The van der Waals surface area contributed by atoms with Gasteiger partial charge in [0.25, 0.3) is 0 Å². The summed E-state index contributed by atoms with van der Waals surface area (Å²) in [5.41, 5.74) is 1.99. The first-order valence-corrected chi connectivity index (χ1v) is 10.4. The Hall–Kier alpha value is -2.27. The van der Waals surface area contributed by atoms with Gasteiger partial charge in [0, 0.05) is 22.5 Å². The van der Waals surface area contributed by atoms with Crippen LogP contribution < -0.4 is 10.6 Å². The van der Waals surface area contributed by atoms with Crippen molar-refractivity contribution in [3.63, 3.8) is 0 Å². The third-order valence-corrected chi connectivity index (χ3v) is 6.44. The van der Waals surface area contributed by atoms with Crippen LogP contribution in [0.5, 0.6) is 0 Å². The molecule has 0 unspecified atom stereocenters. The summed E-state index contributed by atoms with van der Waals surface area (Å²) in [7, 11) is 1.81. The number of rotatable bonds is 5.